The van der Waals surface area contributed by atoms with Gasteiger partial charge in [-0.25, -0.2) is 0 Å². The van der Waals surface area contributed by atoms with Crippen LogP contribution in [0.15, 0.2) is 54.6 Å². The van der Waals surface area contributed by atoms with Crippen molar-refractivity contribution in [1.29, 1.82) is 0 Å². The topological polar surface area (TPSA) is 68.8 Å². The first-order chi connectivity index (χ1) is 15.0. The van der Waals surface area contributed by atoms with Crippen LogP contribution in [0.25, 0.3) is 11.1 Å². The molecule has 0 atom stereocenters. The van der Waals surface area contributed by atoms with Gasteiger partial charge in [0.1, 0.15) is 0 Å². The molecule has 7 heteroatoms. The summed E-state index contributed by atoms with van der Waals surface area (Å²) in [6, 6.07) is 17.6. The fraction of sp³-hybridized carbons (Fsp3) is 0.167. The fourth-order valence-corrected chi connectivity index (χ4v) is 3.98. The van der Waals surface area contributed by atoms with Crippen LogP contribution in [0.2, 0.25) is 0 Å². The minimum absolute atomic E-state index is 0.203. The number of amides is 1. The summed E-state index contributed by atoms with van der Waals surface area (Å²) in [6.07, 6.45) is 0.881. The van der Waals surface area contributed by atoms with Crippen molar-refractivity contribution in [2.45, 2.75) is 6.42 Å². The number of hydrogen-bond donors (Lipinski definition) is 2. The van der Waals surface area contributed by atoms with Gasteiger partial charge in [0.2, 0.25) is 5.75 Å². The Morgan fingerprint density at radius 3 is 2.23 bits per heavy atom. The Bertz CT molecular complexity index is 1150. The Hall–Kier alpha value is -3.58. The van der Waals surface area contributed by atoms with Gasteiger partial charge in [0.05, 0.1) is 21.3 Å². The van der Waals surface area contributed by atoms with E-state index in [1.165, 1.54) is 43.6 Å². The lowest BCUT2D eigenvalue weighted by molar-refractivity contribution is 0.0977. The van der Waals surface area contributed by atoms with Gasteiger partial charge in [0, 0.05) is 11.3 Å². The third-order valence-corrected chi connectivity index (χ3v) is 5.41. The Labute approximate surface area is 186 Å². The molecule has 2 N–H and O–H groups in total. The van der Waals surface area contributed by atoms with Crippen molar-refractivity contribution in [2.24, 2.45) is 0 Å². The van der Waals surface area contributed by atoms with Crippen LogP contribution >= 0.6 is 12.2 Å². The summed E-state index contributed by atoms with van der Waals surface area (Å²) in [5, 5.41) is 5.99. The second kappa shape index (κ2) is 8.65. The van der Waals surface area contributed by atoms with E-state index in [0.29, 0.717) is 22.8 Å². The minimum atomic E-state index is -0.384. The molecule has 0 aromatic heterocycles. The molecular formula is C24H22N2O4S. The lowest BCUT2D eigenvalue weighted by atomic mass is 10.1. The van der Waals surface area contributed by atoms with Crippen molar-refractivity contribution < 1.29 is 19.0 Å². The molecule has 0 aliphatic heterocycles. The van der Waals surface area contributed by atoms with Gasteiger partial charge in [-0.3, -0.25) is 10.1 Å². The highest BCUT2D eigenvalue weighted by atomic mass is 32.1. The Morgan fingerprint density at radius 1 is 0.871 bits per heavy atom. The maximum atomic E-state index is 12.7. The predicted octanol–water partition coefficient (Wildman–Crippen LogP) is 4.41. The van der Waals surface area contributed by atoms with Gasteiger partial charge < -0.3 is 19.5 Å². The fourth-order valence-electron chi connectivity index (χ4n) is 3.77. The molecule has 0 fully saturated rings. The van der Waals surface area contributed by atoms with E-state index < -0.39 is 0 Å². The molecule has 1 aliphatic rings. The van der Waals surface area contributed by atoms with E-state index in [-0.39, 0.29) is 11.0 Å². The lowest BCUT2D eigenvalue weighted by Gasteiger charge is -2.15. The number of hydrogen-bond acceptors (Lipinski definition) is 5. The van der Waals surface area contributed by atoms with Gasteiger partial charge in [0.25, 0.3) is 5.91 Å². The third-order valence-electron chi connectivity index (χ3n) is 5.21. The van der Waals surface area contributed by atoms with Crippen LogP contribution in [-0.2, 0) is 6.42 Å². The summed E-state index contributed by atoms with van der Waals surface area (Å²) in [5.41, 5.74) is 6.19. The smallest absolute Gasteiger partial charge is 0.257 e. The monoisotopic (exact) mass is 434 g/mol. The molecule has 0 saturated carbocycles. The van der Waals surface area contributed by atoms with Crippen LogP contribution in [-0.4, -0.2) is 32.3 Å². The van der Waals surface area contributed by atoms with E-state index in [9.17, 15) is 4.79 Å². The van der Waals surface area contributed by atoms with Crippen molar-refractivity contribution in [2.75, 3.05) is 26.6 Å². The SMILES string of the molecule is COc1cc(C(=O)NC(=S)Nc2ccc3c(c2)Cc2ccccc2-3)cc(OC)c1OC. The molecule has 3 aromatic rings. The largest absolute Gasteiger partial charge is 0.493 e. The summed E-state index contributed by atoms with van der Waals surface area (Å²) in [7, 11) is 4.50. The zero-order valence-electron chi connectivity index (χ0n) is 17.4. The van der Waals surface area contributed by atoms with E-state index >= 15 is 0 Å². The molecule has 0 radical (unpaired) electrons. The highest BCUT2D eigenvalue weighted by molar-refractivity contribution is 7.80. The molecule has 1 aliphatic carbocycles. The number of benzene rings is 3. The number of thiocarbonyl (C=S) groups is 1. The number of carbonyl (C=O) groups is 1. The standard InChI is InChI=1S/C24H22N2O4S/c1-28-20-12-16(13-21(29-2)22(20)30-3)23(27)26-24(31)25-17-8-9-19-15(11-17)10-14-6-4-5-7-18(14)19/h4-9,11-13H,10H2,1-3H3,(H2,25,26,27,31). The maximum absolute atomic E-state index is 12.7. The number of methoxy groups -OCH3 is 3. The van der Waals surface area contributed by atoms with Gasteiger partial charge in [0.15, 0.2) is 16.6 Å². The normalized spacial score (nSPS) is 11.2. The quantitative estimate of drug-likeness (QED) is 0.454. The number of rotatable bonds is 5. The van der Waals surface area contributed by atoms with E-state index in [0.717, 1.165) is 12.1 Å². The van der Waals surface area contributed by atoms with Crippen LogP contribution in [0.4, 0.5) is 5.69 Å². The van der Waals surface area contributed by atoms with Crippen molar-refractivity contribution in [1.82, 2.24) is 5.32 Å². The number of nitrogens with one attached hydrogen (secondary N) is 2. The molecule has 3 aromatic carbocycles. The van der Waals surface area contributed by atoms with Crippen LogP contribution < -0.4 is 24.8 Å². The van der Waals surface area contributed by atoms with Crippen LogP contribution in [0.1, 0.15) is 21.5 Å². The Kier molecular flexibility index (Phi) is 5.77. The van der Waals surface area contributed by atoms with E-state index in [1.807, 2.05) is 12.1 Å². The number of carbonyl (C=O) groups excluding carboxylic acids is 1. The lowest BCUT2D eigenvalue weighted by Crippen LogP contribution is -2.34. The van der Waals surface area contributed by atoms with Gasteiger partial charge in [-0.2, -0.15) is 0 Å². The molecule has 4 rings (SSSR count). The second-order valence-electron chi connectivity index (χ2n) is 7.03. The first kappa shape index (κ1) is 20.7. The zero-order valence-corrected chi connectivity index (χ0v) is 18.3. The minimum Gasteiger partial charge on any atom is -0.493 e. The molecule has 0 spiro atoms. The van der Waals surface area contributed by atoms with E-state index in [1.54, 1.807) is 12.1 Å². The molecule has 0 bridgehead atoms. The molecule has 6 nitrogen and oxygen atoms in total. The molecule has 1 amide bonds. The van der Waals surface area contributed by atoms with Crippen LogP contribution in [0.5, 0.6) is 17.2 Å². The van der Waals surface area contributed by atoms with Crippen LogP contribution in [0.3, 0.4) is 0 Å². The summed E-state index contributed by atoms with van der Waals surface area (Å²) in [5.74, 6) is 0.819. The Morgan fingerprint density at radius 2 is 1.55 bits per heavy atom. The first-order valence-corrected chi connectivity index (χ1v) is 10.1. The number of ether oxygens (including phenoxy) is 3. The highest BCUT2D eigenvalue weighted by Crippen LogP contribution is 2.39. The van der Waals surface area contributed by atoms with Gasteiger partial charge in [-0.15, -0.1) is 0 Å². The maximum Gasteiger partial charge on any atom is 0.257 e. The number of anilines is 1. The van der Waals surface area contributed by atoms with Gasteiger partial charge >= 0.3 is 0 Å². The molecule has 0 saturated heterocycles. The highest BCUT2D eigenvalue weighted by Gasteiger charge is 2.19. The second-order valence-corrected chi connectivity index (χ2v) is 7.44. The van der Waals surface area contributed by atoms with E-state index in [4.69, 9.17) is 26.4 Å². The molecular weight excluding hydrogens is 412 g/mol. The predicted molar refractivity (Wildman–Crippen MR) is 124 cm³/mol. The molecule has 0 heterocycles. The zero-order chi connectivity index (χ0) is 22.0. The summed E-state index contributed by atoms with van der Waals surface area (Å²) >= 11 is 5.35. The van der Waals surface area contributed by atoms with Crippen molar-refractivity contribution in [3.05, 3.63) is 71.3 Å². The summed E-state index contributed by atoms with van der Waals surface area (Å²) in [6.45, 7) is 0. The molecule has 31 heavy (non-hydrogen) atoms. The van der Waals surface area contributed by atoms with Crippen LogP contribution in [0, 0.1) is 0 Å². The third kappa shape index (κ3) is 4.04. The summed E-state index contributed by atoms with van der Waals surface area (Å²) in [4.78, 5) is 12.7. The Balaban J connectivity index is 1.47. The average molecular weight is 435 g/mol. The molecule has 0 unspecified atom stereocenters. The summed E-state index contributed by atoms with van der Waals surface area (Å²) < 4.78 is 15.9. The van der Waals surface area contributed by atoms with Crippen molar-refractivity contribution >= 4 is 28.9 Å². The van der Waals surface area contributed by atoms with Gasteiger partial charge in [-0.1, -0.05) is 30.3 Å². The van der Waals surface area contributed by atoms with Crippen molar-refractivity contribution in [3.63, 3.8) is 0 Å². The van der Waals surface area contributed by atoms with Crippen molar-refractivity contribution in [3.8, 4) is 28.4 Å². The molecule has 158 valence electrons. The number of fused-ring (bicyclic) bond motifs is 3. The first-order valence-electron chi connectivity index (χ1n) is 9.67. The van der Waals surface area contributed by atoms with Gasteiger partial charge in [-0.05, 0) is 65.2 Å². The van der Waals surface area contributed by atoms with E-state index in [2.05, 4.69) is 41.0 Å². The average Bonchev–Trinajstić information content (AvgIpc) is 3.15.